The fraction of sp³-hybridized carbons (Fsp3) is 0.824. The standard InChI is InChI=1S/C17H32N2/c1-4-6-8-10-12-17(3,13-11-9-7-5-2)16-14-18-19-15-16/h14-15H,4-13H2,1-3H3,(H,18,19). The third-order valence-electron chi connectivity index (χ3n) is 4.36. The fourth-order valence-electron chi connectivity index (χ4n) is 2.88. The number of nitrogens with zero attached hydrogens (tertiary/aromatic N) is 1. The number of aromatic nitrogens is 2. The van der Waals surface area contributed by atoms with E-state index in [4.69, 9.17) is 0 Å². The second-order valence-electron chi connectivity index (χ2n) is 6.17. The van der Waals surface area contributed by atoms with Crippen molar-refractivity contribution in [1.82, 2.24) is 10.2 Å². The maximum Gasteiger partial charge on any atom is 0.0524 e. The zero-order valence-electron chi connectivity index (χ0n) is 13.2. The number of hydrogen-bond donors (Lipinski definition) is 1. The first-order valence-electron chi connectivity index (χ1n) is 8.22. The van der Waals surface area contributed by atoms with Gasteiger partial charge < -0.3 is 0 Å². The van der Waals surface area contributed by atoms with Crippen LogP contribution in [0.5, 0.6) is 0 Å². The van der Waals surface area contributed by atoms with Gasteiger partial charge in [-0.2, -0.15) is 5.10 Å². The first-order valence-corrected chi connectivity index (χ1v) is 8.22. The normalized spacial score (nSPS) is 11.9. The number of nitrogens with one attached hydrogen (secondary N) is 1. The molecular formula is C17H32N2. The monoisotopic (exact) mass is 264 g/mol. The smallest absolute Gasteiger partial charge is 0.0524 e. The van der Waals surface area contributed by atoms with Gasteiger partial charge in [0.25, 0.3) is 0 Å². The molecule has 0 fully saturated rings. The lowest BCUT2D eigenvalue weighted by molar-refractivity contribution is 0.364. The Kier molecular flexibility index (Phi) is 7.85. The SMILES string of the molecule is CCCCCCC(C)(CCCCCC)c1cn[nH]c1. The highest BCUT2D eigenvalue weighted by molar-refractivity contribution is 5.17. The van der Waals surface area contributed by atoms with E-state index < -0.39 is 0 Å². The van der Waals surface area contributed by atoms with Gasteiger partial charge in [-0.05, 0) is 23.8 Å². The summed E-state index contributed by atoms with van der Waals surface area (Å²) in [5.74, 6) is 0. The summed E-state index contributed by atoms with van der Waals surface area (Å²) in [4.78, 5) is 0. The molecular weight excluding hydrogens is 232 g/mol. The zero-order valence-corrected chi connectivity index (χ0v) is 13.2. The second-order valence-corrected chi connectivity index (χ2v) is 6.17. The van der Waals surface area contributed by atoms with Gasteiger partial charge in [-0.3, -0.25) is 5.10 Å². The number of aromatic amines is 1. The van der Waals surface area contributed by atoms with Gasteiger partial charge in [0, 0.05) is 6.20 Å². The molecule has 110 valence electrons. The number of unbranched alkanes of at least 4 members (excludes halogenated alkanes) is 6. The lowest BCUT2D eigenvalue weighted by Gasteiger charge is -2.29. The summed E-state index contributed by atoms with van der Waals surface area (Å²) in [6.07, 6.45) is 17.6. The Morgan fingerprint density at radius 3 is 1.95 bits per heavy atom. The van der Waals surface area contributed by atoms with Crippen molar-refractivity contribution in [3.63, 3.8) is 0 Å². The Balaban J connectivity index is 2.47. The van der Waals surface area contributed by atoms with E-state index in [2.05, 4.69) is 37.2 Å². The third kappa shape index (κ3) is 5.80. The average molecular weight is 264 g/mol. The molecule has 0 bridgehead atoms. The predicted molar refractivity (Wildman–Crippen MR) is 83.5 cm³/mol. The van der Waals surface area contributed by atoms with E-state index in [0.29, 0.717) is 5.41 Å². The number of rotatable bonds is 11. The van der Waals surface area contributed by atoms with Gasteiger partial charge in [-0.25, -0.2) is 0 Å². The van der Waals surface area contributed by atoms with E-state index in [1.54, 1.807) is 0 Å². The Morgan fingerprint density at radius 1 is 0.947 bits per heavy atom. The molecule has 1 N–H and O–H groups in total. The van der Waals surface area contributed by atoms with Crippen molar-refractivity contribution in [2.75, 3.05) is 0 Å². The molecule has 1 aromatic heterocycles. The van der Waals surface area contributed by atoms with Crippen molar-refractivity contribution in [3.8, 4) is 0 Å². The van der Waals surface area contributed by atoms with Crippen LogP contribution in [-0.2, 0) is 5.41 Å². The lowest BCUT2D eigenvalue weighted by atomic mass is 9.75. The van der Waals surface area contributed by atoms with Gasteiger partial charge in [0.15, 0.2) is 0 Å². The Labute approximate surface area is 119 Å². The van der Waals surface area contributed by atoms with Crippen LogP contribution in [0.15, 0.2) is 12.4 Å². The molecule has 0 radical (unpaired) electrons. The van der Waals surface area contributed by atoms with Gasteiger partial charge in [-0.1, -0.05) is 72.1 Å². The Morgan fingerprint density at radius 2 is 1.53 bits per heavy atom. The largest absolute Gasteiger partial charge is 0.285 e. The van der Waals surface area contributed by atoms with E-state index in [0.717, 1.165) is 0 Å². The van der Waals surface area contributed by atoms with Crippen LogP contribution < -0.4 is 0 Å². The number of hydrogen-bond acceptors (Lipinski definition) is 1. The molecule has 0 saturated carbocycles. The molecule has 0 saturated heterocycles. The summed E-state index contributed by atoms with van der Waals surface area (Å²) >= 11 is 0. The minimum atomic E-state index is 0.328. The molecule has 0 aliphatic carbocycles. The molecule has 0 aromatic carbocycles. The first kappa shape index (κ1) is 16.3. The maximum atomic E-state index is 4.15. The molecule has 0 unspecified atom stereocenters. The molecule has 0 spiro atoms. The van der Waals surface area contributed by atoms with Crippen LogP contribution in [0.25, 0.3) is 0 Å². The average Bonchev–Trinajstić information content (AvgIpc) is 2.95. The van der Waals surface area contributed by atoms with Crippen molar-refractivity contribution in [2.24, 2.45) is 0 Å². The van der Waals surface area contributed by atoms with Gasteiger partial charge in [-0.15, -0.1) is 0 Å². The summed E-state index contributed by atoms with van der Waals surface area (Å²) in [5.41, 5.74) is 1.73. The van der Waals surface area contributed by atoms with Crippen molar-refractivity contribution < 1.29 is 0 Å². The molecule has 0 amide bonds. The van der Waals surface area contributed by atoms with Crippen LogP contribution in [0.3, 0.4) is 0 Å². The lowest BCUT2D eigenvalue weighted by Crippen LogP contribution is -2.21. The fourth-order valence-corrected chi connectivity index (χ4v) is 2.88. The van der Waals surface area contributed by atoms with Crippen LogP contribution in [0.4, 0.5) is 0 Å². The molecule has 2 heteroatoms. The van der Waals surface area contributed by atoms with Crippen LogP contribution >= 0.6 is 0 Å². The maximum absolute atomic E-state index is 4.15. The predicted octanol–water partition coefficient (Wildman–Crippen LogP) is 5.61. The third-order valence-corrected chi connectivity index (χ3v) is 4.36. The molecule has 1 rings (SSSR count). The molecule has 0 atom stereocenters. The van der Waals surface area contributed by atoms with Crippen LogP contribution in [0.1, 0.15) is 90.5 Å². The van der Waals surface area contributed by atoms with Crippen LogP contribution in [0, 0.1) is 0 Å². The van der Waals surface area contributed by atoms with E-state index in [9.17, 15) is 0 Å². The van der Waals surface area contributed by atoms with Crippen LogP contribution in [-0.4, -0.2) is 10.2 Å². The Bertz CT molecular complexity index is 291. The van der Waals surface area contributed by atoms with Crippen molar-refractivity contribution in [1.29, 1.82) is 0 Å². The molecule has 1 heterocycles. The summed E-state index contributed by atoms with van der Waals surface area (Å²) in [6.45, 7) is 6.98. The molecule has 1 aromatic rings. The van der Waals surface area contributed by atoms with E-state index in [-0.39, 0.29) is 0 Å². The van der Waals surface area contributed by atoms with Gasteiger partial charge >= 0.3 is 0 Å². The molecule has 19 heavy (non-hydrogen) atoms. The summed E-state index contributed by atoms with van der Waals surface area (Å²) in [5, 5.41) is 7.14. The highest BCUT2D eigenvalue weighted by Gasteiger charge is 2.26. The van der Waals surface area contributed by atoms with Gasteiger partial charge in [0.1, 0.15) is 0 Å². The Hall–Kier alpha value is -0.790. The van der Waals surface area contributed by atoms with E-state index >= 15 is 0 Å². The topological polar surface area (TPSA) is 28.7 Å². The van der Waals surface area contributed by atoms with Crippen molar-refractivity contribution in [2.45, 2.75) is 90.4 Å². The summed E-state index contributed by atoms with van der Waals surface area (Å²) < 4.78 is 0. The van der Waals surface area contributed by atoms with E-state index in [1.165, 1.54) is 69.8 Å². The van der Waals surface area contributed by atoms with Gasteiger partial charge in [0.05, 0.1) is 6.20 Å². The highest BCUT2D eigenvalue weighted by Crippen LogP contribution is 2.34. The van der Waals surface area contributed by atoms with Crippen molar-refractivity contribution >= 4 is 0 Å². The number of H-pyrrole nitrogens is 1. The van der Waals surface area contributed by atoms with Crippen molar-refractivity contribution in [3.05, 3.63) is 18.0 Å². The quantitative estimate of drug-likeness (QED) is 0.517. The highest BCUT2D eigenvalue weighted by atomic mass is 15.1. The minimum Gasteiger partial charge on any atom is -0.285 e. The van der Waals surface area contributed by atoms with E-state index in [1.807, 2.05) is 6.20 Å². The molecule has 0 aliphatic rings. The van der Waals surface area contributed by atoms with Crippen LogP contribution in [0.2, 0.25) is 0 Å². The second kappa shape index (κ2) is 9.17. The first-order chi connectivity index (χ1) is 9.23. The summed E-state index contributed by atoms with van der Waals surface area (Å²) in [7, 11) is 0. The zero-order chi connectivity index (χ0) is 14.0. The molecule has 2 nitrogen and oxygen atoms in total. The summed E-state index contributed by atoms with van der Waals surface area (Å²) in [6, 6.07) is 0. The molecule has 0 aliphatic heterocycles. The van der Waals surface area contributed by atoms with Gasteiger partial charge in [0.2, 0.25) is 0 Å². The minimum absolute atomic E-state index is 0.328.